The Labute approximate surface area is 68.5 Å². The van der Waals surface area contributed by atoms with Gasteiger partial charge >= 0.3 is 0 Å². The van der Waals surface area contributed by atoms with Crippen molar-refractivity contribution in [1.82, 2.24) is 4.98 Å². The molecule has 0 aromatic carbocycles. The number of aromatic nitrogens is 1. The lowest BCUT2D eigenvalue weighted by atomic mass is 10.0. The lowest BCUT2D eigenvalue weighted by molar-refractivity contribution is 1.01. The smallest absolute Gasteiger partial charge is 0.0407 e. The van der Waals surface area contributed by atoms with Gasteiger partial charge in [-0.3, -0.25) is 4.98 Å². The molecule has 0 bridgehead atoms. The molecule has 0 aliphatic carbocycles. The average Bonchev–Trinajstić information content (AvgIpc) is 1.99. The van der Waals surface area contributed by atoms with Gasteiger partial charge in [-0.2, -0.15) is 0 Å². The fourth-order valence-corrected chi connectivity index (χ4v) is 1.40. The van der Waals surface area contributed by atoms with Crippen LogP contribution in [0.2, 0.25) is 0 Å². The largest absolute Gasteiger partial charge is 0.261 e. The molecule has 0 unspecified atom stereocenters. The van der Waals surface area contributed by atoms with Crippen molar-refractivity contribution in [2.45, 2.75) is 34.1 Å². The Bertz CT molecular complexity index is 264. The van der Waals surface area contributed by atoms with Crippen molar-refractivity contribution in [3.63, 3.8) is 0 Å². The summed E-state index contributed by atoms with van der Waals surface area (Å²) in [6.45, 7) is 8.53. The second-order valence-electron chi connectivity index (χ2n) is 2.98. The van der Waals surface area contributed by atoms with E-state index in [9.17, 15) is 0 Å². The molecule has 1 heteroatoms. The Balaban J connectivity index is 3.29. The highest BCUT2D eigenvalue weighted by atomic mass is 14.7. The van der Waals surface area contributed by atoms with Gasteiger partial charge in [0, 0.05) is 11.9 Å². The van der Waals surface area contributed by atoms with Gasteiger partial charge in [-0.15, -0.1) is 0 Å². The van der Waals surface area contributed by atoms with Crippen LogP contribution in [0, 0.1) is 20.8 Å². The van der Waals surface area contributed by atoms with Crippen LogP contribution in [0.4, 0.5) is 0 Å². The third kappa shape index (κ3) is 1.42. The Morgan fingerprint density at radius 1 is 1.27 bits per heavy atom. The fraction of sp³-hybridized carbons (Fsp3) is 0.500. The molecular formula is C10H15N. The summed E-state index contributed by atoms with van der Waals surface area (Å²) in [7, 11) is 0. The van der Waals surface area contributed by atoms with Gasteiger partial charge < -0.3 is 0 Å². The second-order valence-corrected chi connectivity index (χ2v) is 2.98. The van der Waals surface area contributed by atoms with Gasteiger partial charge in [0.05, 0.1) is 0 Å². The van der Waals surface area contributed by atoms with Crippen LogP contribution in [-0.2, 0) is 6.42 Å². The van der Waals surface area contributed by atoms with Crippen LogP contribution in [0.15, 0.2) is 6.20 Å². The van der Waals surface area contributed by atoms with E-state index in [2.05, 4.69) is 32.7 Å². The number of aryl methyl sites for hydroxylation is 2. The van der Waals surface area contributed by atoms with Crippen LogP contribution >= 0.6 is 0 Å². The van der Waals surface area contributed by atoms with E-state index in [1.165, 1.54) is 22.4 Å². The molecule has 0 saturated carbocycles. The first kappa shape index (κ1) is 8.25. The van der Waals surface area contributed by atoms with Crippen molar-refractivity contribution in [2.75, 3.05) is 0 Å². The summed E-state index contributed by atoms with van der Waals surface area (Å²) in [6.07, 6.45) is 3.04. The van der Waals surface area contributed by atoms with Crippen LogP contribution in [-0.4, -0.2) is 4.98 Å². The second kappa shape index (κ2) is 3.04. The van der Waals surface area contributed by atoms with E-state index >= 15 is 0 Å². The van der Waals surface area contributed by atoms with E-state index in [0.29, 0.717) is 0 Å². The van der Waals surface area contributed by atoms with Gasteiger partial charge in [-0.05, 0) is 43.9 Å². The maximum atomic E-state index is 4.31. The van der Waals surface area contributed by atoms with Crippen LogP contribution in [0.1, 0.15) is 29.3 Å². The highest BCUT2D eigenvalue weighted by molar-refractivity contribution is 5.33. The molecule has 1 rings (SSSR count). The molecule has 0 radical (unpaired) electrons. The highest BCUT2D eigenvalue weighted by Crippen LogP contribution is 2.14. The van der Waals surface area contributed by atoms with Gasteiger partial charge in [-0.25, -0.2) is 0 Å². The molecule has 1 aromatic rings. The van der Waals surface area contributed by atoms with Gasteiger partial charge in [0.1, 0.15) is 0 Å². The number of pyridine rings is 1. The molecule has 0 atom stereocenters. The van der Waals surface area contributed by atoms with Crippen molar-refractivity contribution in [3.05, 3.63) is 28.6 Å². The first-order valence-electron chi connectivity index (χ1n) is 4.08. The van der Waals surface area contributed by atoms with E-state index in [1.807, 2.05) is 6.20 Å². The Hall–Kier alpha value is -0.850. The quantitative estimate of drug-likeness (QED) is 0.598. The zero-order valence-corrected chi connectivity index (χ0v) is 7.73. The van der Waals surface area contributed by atoms with Crippen molar-refractivity contribution in [2.24, 2.45) is 0 Å². The summed E-state index contributed by atoms with van der Waals surface area (Å²) >= 11 is 0. The summed E-state index contributed by atoms with van der Waals surface area (Å²) in [5, 5.41) is 0. The lowest BCUT2D eigenvalue weighted by Crippen LogP contribution is -1.96. The average molecular weight is 149 g/mol. The van der Waals surface area contributed by atoms with E-state index in [1.54, 1.807) is 0 Å². The predicted molar refractivity (Wildman–Crippen MR) is 47.8 cm³/mol. The molecule has 1 heterocycles. The molecule has 60 valence electrons. The topological polar surface area (TPSA) is 12.9 Å². The SMILES string of the molecule is CCc1c(C)ncc(C)c1C. The minimum Gasteiger partial charge on any atom is -0.261 e. The Morgan fingerprint density at radius 3 is 2.36 bits per heavy atom. The van der Waals surface area contributed by atoms with Crippen LogP contribution in [0.5, 0.6) is 0 Å². The van der Waals surface area contributed by atoms with E-state index in [4.69, 9.17) is 0 Å². The Kier molecular flexibility index (Phi) is 2.28. The van der Waals surface area contributed by atoms with Gasteiger partial charge in [-0.1, -0.05) is 6.92 Å². The van der Waals surface area contributed by atoms with Crippen molar-refractivity contribution in [1.29, 1.82) is 0 Å². The molecule has 1 aromatic heterocycles. The summed E-state index contributed by atoms with van der Waals surface area (Å²) in [4.78, 5) is 4.31. The standard InChI is InChI=1S/C10H15N/c1-5-10-8(3)7(2)6-11-9(10)4/h6H,5H2,1-4H3. The minimum atomic E-state index is 1.09. The van der Waals surface area contributed by atoms with Crippen molar-refractivity contribution in [3.8, 4) is 0 Å². The molecule has 0 N–H and O–H groups in total. The maximum Gasteiger partial charge on any atom is 0.0407 e. The number of hydrogen-bond acceptors (Lipinski definition) is 1. The first-order chi connectivity index (χ1) is 5.16. The van der Waals surface area contributed by atoms with Crippen molar-refractivity contribution < 1.29 is 0 Å². The van der Waals surface area contributed by atoms with E-state index in [-0.39, 0.29) is 0 Å². The number of rotatable bonds is 1. The lowest BCUT2D eigenvalue weighted by Gasteiger charge is -2.08. The van der Waals surface area contributed by atoms with E-state index in [0.717, 1.165) is 6.42 Å². The maximum absolute atomic E-state index is 4.31. The minimum absolute atomic E-state index is 1.09. The molecule has 0 spiro atoms. The van der Waals surface area contributed by atoms with E-state index < -0.39 is 0 Å². The molecule has 0 aliphatic heterocycles. The van der Waals surface area contributed by atoms with Crippen LogP contribution < -0.4 is 0 Å². The normalized spacial score (nSPS) is 10.2. The molecule has 0 amide bonds. The number of nitrogens with zero attached hydrogens (tertiary/aromatic N) is 1. The third-order valence-corrected chi connectivity index (χ3v) is 2.29. The van der Waals surface area contributed by atoms with Crippen molar-refractivity contribution >= 4 is 0 Å². The van der Waals surface area contributed by atoms with Gasteiger partial charge in [0.25, 0.3) is 0 Å². The molecule has 11 heavy (non-hydrogen) atoms. The number of hydrogen-bond donors (Lipinski definition) is 0. The molecule has 0 saturated heterocycles. The predicted octanol–water partition coefficient (Wildman–Crippen LogP) is 2.57. The molecule has 0 aliphatic rings. The first-order valence-corrected chi connectivity index (χ1v) is 4.08. The Morgan fingerprint density at radius 2 is 1.91 bits per heavy atom. The zero-order chi connectivity index (χ0) is 8.43. The zero-order valence-electron chi connectivity index (χ0n) is 7.73. The molecule has 1 nitrogen and oxygen atoms in total. The van der Waals surface area contributed by atoms with Gasteiger partial charge in [0.2, 0.25) is 0 Å². The van der Waals surface area contributed by atoms with Gasteiger partial charge in [0.15, 0.2) is 0 Å². The summed E-state index contributed by atoms with van der Waals surface area (Å²) in [5.74, 6) is 0. The summed E-state index contributed by atoms with van der Waals surface area (Å²) in [5.41, 5.74) is 5.29. The van der Waals surface area contributed by atoms with Crippen LogP contribution in [0.25, 0.3) is 0 Å². The monoisotopic (exact) mass is 149 g/mol. The summed E-state index contributed by atoms with van der Waals surface area (Å²) in [6, 6.07) is 0. The molecule has 0 fully saturated rings. The third-order valence-electron chi connectivity index (χ3n) is 2.29. The highest BCUT2D eigenvalue weighted by Gasteiger charge is 2.02. The fourth-order valence-electron chi connectivity index (χ4n) is 1.40. The summed E-state index contributed by atoms with van der Waals surface area (Å²) < 4.78 is 0. The molecular weight excluding hydrogens is 134 g/mol. The van der Waals surface area contributed by atoms with Crippen LogP contribution in [0.3, 0.4) is 0 Å².